The van der Waals surface area contributed by atoms with Gasteiger partial charge in [-0.05, 0) is 58.4 Å². The van der Waals surface area contributed by atoms with Crippen molar-refractivity contribution in [3.05, 3.63) is 59.2 Å². The van der Waals surface area contributed by atoms with Gasteiger partial charge in [0.15, 0.2) is 0 Å². The molecule has 0 saturated carbocycles. The highest BCUT2D eigenvalue weighted by Gasteiger charge is 2.23. The van der Waals surface area contributed by atoms with Crippen molar-refractivity contribution in [3.8, 4) is 0 Å². The Morgan fingerprint density at radius 1 is 1.08 bits per heavy atom. The van der Waals surface area contributed by atoms with Crippen molar-refractivity contribution in [1.29, 1.82) is 0 Å². The summed E-state index contributed by atoms with van der Waals surface area (Å²) in [4.78, 5) is 30.0. The zero-order valence-corrected chi connectivity index (χ0v) is 15.3. The molecular weight excluding hydrogens is 316 g/mol. The molecule has 0 fully saturated rings. The van der Waals surface area contributed by atoms with E-state index in [0.717, 1.165) is 16.2 Å². The zero-order valence-electron chi connectivity index (χ0n) is 15.3. The second-order valence-electron chi connectivity index (χ2n) is 6.92. The molecule has 132 valence electrons. The third-order valence-corrected chi connectivity index (χ3v) is 3.49. The molecule has 0 bridgehead atoms. The van der Waals surface area contributed by atoms with E-state index in [1.807, 2.05) is 65.0 Å². The number of rotatable bonds is 5. The van der Waals surface area contributed by atoms with Crippen LogP contribution in [0.3, 0.4) is 0 Å². The van der Waals surface area contributed by atoms with E-state index >= 15 is 0 Å². The van der Waals surface area contributed by atoms with Crippen LogP contribution in [-0.2, 0) is 9.63 Å². The van der Waals surface area contributed by atoms with Crippen LogP contribution in [0.2, 0.25) is 0 Å². The first-order chi connectivity index (χ1) is 11.7. The van der Waals surface area contributed by atoms with E-state index in [-0.39, 0.29) is 5.91 Å². The van der Waals surface area contributed by atoms with Crippen molar-refractivity contribution in [2.75, 3.05) is 10.4 Å². The number of nitrogens with zero attached hydrogens (tertiary/aromatic N) is 1. The summed E-state index contributed by atoms with van der Waals surface area (Å²) in [5.74, 6) is -0.290. The highest BCUT2D eigenvalue weighted by atomic mass is 16.7. The Morgan fingerprint density at radius 2 is 1.72 bits per heavy atom. The summed E-state index contributed by atoms with van der Waals surface area (Å²) >= 11 is 0. The van der Waals surface area contributed by atoms with Crippen molar-refractivity contribution < 1.29 is 14.4 Å². The van der Waals surface area contributed by atoms with Gasteiger partial charge in [-0.2, -0.15) is 5.06 Å². The molecule has 0 aliphatic rings. The van der Waals surface area contributed by atoms with Crippen LogP contribution in [0.5, 0.6) is 0 Å². The maximum Gasteiger partial charge on any atom is 0.258 e. The van der Waals surface area contributed by atoms with Gasteiger partial charge in [0.05, 0.1) is 16.9 Å². The normalized spacial score (nSPS) is 11.1. The van der Waals surface area contributed by atoms with Crippen molar-refractivity contribution in [2.24, 2.45) is 0 Å². The number of amides is 2. The summed E-state index contributed by atoms with van der Waals surface area (Å²) in [5, 5.41) is 3.98. The number of hydrogen-bond acceptors (Lipinski definition) is 3. The predicted octanol–water partition coefficient (Wildman–Crippen LogP) is 4.25. The Bertz CT molecular complexity index is 762. The molecule has 1 N–H and O–H groups in total. The lowest BCUT2D eigenvalue weighted by atomic mass is 10.1. The van der Waals surface area contributed by atoms with Crippen molar-refractivity contribution in [2.45, 2.75) is 40.2 Å². The van der Waals surface area contributed by atoms with Crippen LogP contribution in [0.4, 0.5) is 11.4 Å². The van der Waals surface area contributed by atoms with Crippen LogP contribution in [0.15, 0.2) is 42.5 Å². The minimum atomic E-state index is -0.574. The van der Waals surface area contributed by atoms with E-state index in [4.69, 9.17) is 4.84 Å². The largest absolute Gasteiger partial charge is 0.322 e. The fraction of sp³-hybridized carbons (Fsp3) is 0.300. The smallest absolute Gasteiger partial charge is 0.258 e. The minimum absolute atomic E-state index is 0.290. The summed E-state index contributed by atoms with van der Waals surface area (Å²) in [6.45, 7) is 9.33. The molecule has 0 radical (unpaired) electrons. The van der Waals surface area contributed by atoms with Crippen LogP contribution in [0.1, 0.15) is 42.3 Å². The van der Waals surface area contributed by atoms with Gasteiger partial charge in [-0.15, -0.1) is 0 Å². The lowest BCUT2D eigenvalue weighted by Crippen LogP contribution is -2.34. The highest BCUT2D eigenvalue weighted by Crippen LogP contribution is 2.26. The quantitative estimate of drug-likeness (QED) is 0.654. The lowest BCUT2D eigenvalue weighted by molar-refractivity contribution is -0.120. The Hall–Kier alpha value is -2.66. The van der Waals surface area contributed by atoms with E-state index in [1.54, 1.807) is 12.1 Å². The van der Waals surface area contributed by atoms with Crippen LogP contribution in [0.25, 0.3) is 0 Å². The first-order valence-electron chi connectivity index (χ1n) is 8.12. The molecule has 2 aromatic rings. The Kier molecular flexibility index (Phi) is 5.59. The monoisotopic (exact) mass is 340 g/mol. The lowest BCUT2D eigenvalue weighted by Gasteiger charge is -2.28. The first kappa shape index (κ1) is 18.7. The molecule has 5 heteroatoms. The number of hydroxylamine groups is 1. The van der Waals surface area contributed by atoms with E-state index in [1.165, 1.54) is 0 Å². The molecule has 0 aliphatic carbocycles. The average Bonchev–Trinajstić information content (AvgIpc) is 2.53. The second kappa shape index (κ2) is 7.49. The average molecular weight is 340 g/mol. The number of aryl methyl sites for hydroxylation is 2. The van der Waals surface area contributed by atoms with E-state index in [0.29, 0.717) is 23.3 Å². The molecule has 0 aliphatic heterocycles. The maximum absolute atomic E-state index is 12.8. The van der Waals surface area contributed by atoms with Gasteiger partial charge in [0, 0.05) is 5.69 Å². The van der Waals surface area contributed by atoms with E-state index in [2.05, 4.69) is 5.32 Å². The third kappa shape index (κ3) is 4.90. The van der Waals surface area contributed by atoms with Gasteiger partial charge in [0.2, 0.25) is 6.41 Å². The van der Waals surface area contributed by atoms with Gasteiger partial charge in [-0.1, -0.05) is 29.8 Å². The van der Waals surface area contributed by atoms with Crippen molar-refractivity contribution in [1.82, 2.24) is 0 Å². The molecule has 0 spiro atoms. The molecule has 0 aromatic heterocycles. The molecule has 0 heterocycles. The highest BCUT2D eigenvalue weighted by molar-refractivity contribution is 6.10. The number of carbonyl (C=O) groups excluding carboxylic acids is 2. The molecular formula is C20H24N2O3. The number of nitrogens with one attached hydrogen (secondary N) is 1. The zero-order chi connectivity index (χ0) is 18.6. The molecule has 0 atom stereocenters. The molecule has 0 saturated heterocycles. The van der Waals surface area contributed by atoms with Crippen LogP contribution < -0.4 is 10.4 Å². The molecule has 0 unspecified atom stereocenters. The number of hydrogen-bond donors (Lipinski definition) is 1. The summed E-state index contributed by atoms with van der Waals surface area (Å²) < 4.78 is 0. The molecule has 2 rings (SSSR count). The van der Waals surface area contributed by atoms with Gasteiger partial charge in [-0.25, -0.2) is 0 Å². The topological polar surface area (TPSA) is 58.6 Å². The number of benzene rings is 2. The summed E-state index contributed by atoms with van der Waals surface area (Å²) in [6, 6.07) is 12.8. The fourth-order valence-electron chi connectivity index (χ4n) is 2.38. The third-order valence-electron chi connectivity index (χ3n) is 3.49. The molecule has 2 amide bonds. The van der Waals surface area contributed by atoms with E-state index in [9.17, 15) is 9.59 Å². The Morgan fingerprint density at radius 3 is 2.28 bits per heavy atom. The van der Waals surface area contributed by atoms with Crippen LogP contribution in [-0.4, -0.2) is 17.9 Å². The van der Waals surface area contributed by atoms with Crippen molar-refractivity contribution >= 4 is 23.7 Å². The molecule has 5 nitrogen and oxygen atoms in total. The standard InChI is InChI=1S/C20H24N2O3/c1-14-9-11-16(12-10-14)21-19(24)18-15(2)7-6-8-17(18)22(13-23)25-20(3,4)5/h6-13H,1-5H3,(H,21,24). The SMILES string of the molecule is Cc1ccc(NC(=O)c2c(C)cccc2N(C=O)OC(C)(C)C)cc1. The van der Waals surface area contributed by atoms with Gasteiger partial charge >= 0.3 is 0 Å². The summed E-state index contributed by atoms with van der Waals surface area (Å²) in [5.41, 5.74) is 2.80. The number of anilines is 2. The van der Waals surface area contributed by atoms with Crippen molar-refractivity contribution in [3.63, 3.8) is 0 Å². The van der Waals surface area contributed by atoms with Gasteiger partial charge in [0.25, 0.3) is 5.91 Å². The number of carbonyl (C=O) groups is 2. The maximum atomic E-state index is 12.8. The van der Waals surface area contributed by atoms with Gasteiger partial charge < -0.3 is 5.32 Å². The Labute approximate surface area is 148 Å². The Balaban J connectivity index is 2.37. The van der Waals surface area contributed by atoms with Gasteiger partial charge in [0.1, 0.15) is 0 Å². The van der Waals surface area contributed by atoms with Crippen LogP contribution >= 0.6 is 0 Å². The molecule has 25 heavy (non-hydrogen) atoms. The summed E-state index contributed by atoms with van der Waals surface area (Å²) in [7, 11) is 0. The first-order valence-corrected chi connectivity index (χ1v) is 8.12. The predicted molar refractivity (Wildman–Crippen MR) is 99.7 cm³/mol. The molecule has 2 aromatic carbocycles. The van der Waals surface area contributed by atoms with E-state index < -0.39 is 5.60 Å². The fourth-order valence-corrected chi connectivity index (χ4v) is 2.38. The van der Waals surface area contributed by atoms with Crippen LogP contribution in [0, 0.1) is 13.8 Å². The summed E-state index contributed by atoms with van der Waals surface area (Å²) in [6.07, 6.45) is 0.572. The van der Waals surface area contributed by atoms with Gasteiger partial charge in [-0.3, -0.25) is 14.4 Å². The second-order valence-corrected chi connectivity index (χ2v) is 6.92. The minimum Gasteiger partial charge on any atom is -0.322 e.